The molecule has 0 atom stereocenters. The fourth-order valence-corrected chi connectivity index (χ4v) is 2.31. The molecular weight excluding hydrogens is 224 g/mol. The van der Waals surface area contributed by atoms with E-state index in [0.29, 0.717) is 9.79 Å². The zero-order valence-electron chi connectivity index (χ0n) is 8.33. The van der Waals surface area contributed by atoms with Gasteiger partial charge in [0, 0.05) is 11.2 Å². The number of phenols is 2. The van der Waals surface area contributed by atoms with E-state index >= 15 is 0 Å². The molecule has 4 heteroatoms. The molecule has 82 valence electrons. The normalized spacial score (nSPS) is 10.6. The van der Waals surface area contributed by atoms with E-state index in [2.05, 4.69) is 0 Å². The summed E-state index contributed by atoms with van der Waals surface area (Å²) in [6, 6.07) is 12.4. The standard InChI is InChI=1S/C12H10O3S/c13-9-1-5-11(6-2-9)16(15)12-7-3-10(14)4-8-12/h1-8,13-14H. The van der Waals surface area contributed by atoms with Gasteiger partial charge in [0.25, 0.3) is 0 Å². The van der Waals surface area contributed by atoms with Crippen LogP contribution in [-0.2, 0) is 11.2 Å². The molecule has 0 aliphatic carbocycles. The lowest BCUT2D eigenvalue weighted by Gasteiger charge is -2.09. The van der Waals surface area contributed by atoms with Crippen LogP contribution in [0.3, 0.4) is 0 Å². The Balaban J connectivity index is 2.28. The summed E-state index contributed by atoms with van der Waals surface area (Å²) in [5, 5.41) is 18.2. The van der Waals surface area contributed by atoms with Crippen molar-refractivity contribution < 1.29 is 14.8 Å². The number of hydrogen-bond donors (Lipinski definition) is 2. The van der Waals surface area contributed by atoms with E-state index in [4.69, 9.17) is 10.2 Å². The van der Waals surface area contributed by atoms with Gasteiger partial charge in [-0.1, -0.05) is 0 Å². The largest absolute Gasteiger partial charge is 0.606 e. The van der Waals surface area contributed by atoms with E-state index < -0.39 is 11.2 Å². The maximum absolute atomic E-state index is 12.0. The van der Waals surface area contributed by atoms with Gasteiger partial charge in [0.1, 0.15) is 11.5 Å². The maximum Gasteiger partial charge on any atom is 0.158 e. The highest BCUT2D eigenvalue weighted by Gasteiger charge is 2.14. The van der Waals surface area contributed by atoms with Crippen molar-refractivity contribution in [2.75, 3.05) is 0 Å². The van der Waals surface area contributed by atoms with Crippen molar-refractivity contribution in [3.05, 3.63) is 48.5 Å². The topological polar surface area (TPSA) is 63.5 Å². The zero-order chi connectivity index (χ0) is 11.5. The third-order valence-corrected chi connectivity index (χ3v) is 3.50. The number of hydrogen-bond acceptors (Lipinski definition) is 3. The summed E-state index contributed by atoms with van der Waals surface area (Å²) in [5.74, 6) is 0.290. The average molecular weight is 234 g/mol. The van der Waals surface area contributed by atoms with Crippen molar-refractivity contribution in [1.82, 2.24) is 0 Å². The quantitative estimate of drug-likeness (QED) is 0.783. The average Bonchev–Trinajstić information content (AvgIpc) is 2.30. The predicted octanol–water partition coefficient (Wildman–Crippen LogP) is 2.26. The summed E-state index contributed by atoms with van der Waals surface area (Å²) >= 11 is -1.29. The van der Waals surface area contributed by atoms with Gasteiger partial charge in [-0.15, -0.1) is 0 Å². The van der Waals surface area contributed by atoms with Crippen molar-refractivity contribution in [3.8, 4) is 11.5 Å². The summed E-state index contributed by atoms with van der Waals surface area (Å²) in [6.45, 7) is 0. The minimum Gasteiger partial charge on any atom is -0.606 e. The molecule has 0 aliphatic rings. The van der Waals surface area contributed by atoms with E-state index in [1.54, 1.807) is 24.3 Å². The van der Waals surface area contributed by atoms with Gasteiger partial charge in [-0.3, -0.25) is 0 Å². The van der Waals surface area contributed by atoms with Crippen LogP contribution in [0.5, 0.6) is 11.5 Å². The highest BCUT2D eigenvalue weighted by molar-refractivity contribution is 7.91. The summed E-state index contributed by atoms with van der Waals surface area (Å²) < 4.78 is 12.0. The van der Waals surface area contributed by atoms with E-state index in [1.807, 2.05) is 0 Å². The lowest BCUT2D eigenvalue weighted by atomic mass is 10.3. The van der Waals surface area contributed by atoms with Crippen LogP contribution in [-0.4, -0.2) is 14.8 Å². The molecule has 0 spiro atoms. The van der Waals surface area contributed by atoms with Crippen LogP contribution in [0.15, 0.2) is 58.3 Å². The van der Waals surface area contributed by atoms with Gasteiger partial charge in [0.2, 0.25) is 0 Å². The molecule has 0 amide bonds. The van der Waals surface area contributed by atoms with Crippen molar-refractivity contribution in [1.29, 1.82) is 0 Å². The minimum atomic E-state index is -1.29. The predicted molar refractivity (Wildman–Crippen MR) is 60.9 cm³/mol. The second-order valence-corrected chi connectivity index (χ2v) is 4.74. The molecule has 0 saturated heterocycles. The molecule has 0 unspecified atom stereocenters. The highest BCUT2D eigenvalue weighted by atomic mass is 32.2. The lowest BCUT2D eigenvalue weighted by molar-refractivity contribution is 0.474. The van der Waals surface area contributed by atoms with Gasteiger partial charge in [-0.2, -0.15) is 0 Å². The SMILES string of the molecule is [O-][S+](c1ccc(O)cc1)c1ccc(O)cc1. The van der Waals surface area contributed by atoms with Crippen LogP contribution >= 0.6 is 0 Å². The molecule has 2 aromatic rings. The monoisotopic (exact) mass is 234 g/mol. The molecule has 16 heavy (non-hydrogen) atoms. The Morgan fingerprint density at radius 3 is 1.31 bits per heavy atom. The molecule has 0 radical (unpaired) electrons. The smallest absolute Gasteiger partial charge is 0.158 e. The van der Waals surface area contributed by atoms with Crippen molar-refractivity contribution in [3.63, 3.8) is 0 Å². The highest BCUT2D eigenvalue weighted by Crippen LogP contribution is 2.23. The molecule has 0 aliphatic heterocycles. The molecule has 2 aromatic carbocycles. The van der Waals surface area contributed by atoms with E-state index in [0.717, 1.165) is 0 Å². The van der Waals surface area contributed by atoms with E-state index in [1.165, 1.54) is 24.3 Å². The Hall–Kier alpha value is -1.65. The molecular formula is C12H10O3S. The lowest BCUT2D eigenvalue weighted by Crippen LogP contribution is -2.01. The second kappa shape index (κ2) is 4.47. The molecule has 3 nitrogen and oxygen atoms in total. The van der Waals surface area contributed by atoms with Crippen molar-refractivity contribution in [2.24, 2.45) is 0 Å². The molecule has 0 heterocycles. The number of aromatic hydroxyl groups is 2. The Morgan fingerprint density at radius 2 is 1.00 bits per heavy atom. The zero-order valence-corrected chi connectivity index (χ0v) is 9.15. The third kappa shape index (κ3) is 2.29. The first-order valence-electron chi connectivity index (χ1n) is 4.66. The van der Waals surface area contributed by atoms with Crippen molar-refractivity contribution >= 4 is 11.2 Å². The second-order valence-electron chi connectivity index (χ2n) is 3.26. The van der Waals surface area contributed by atoms with Crippen LogP contribution in [0.25, 0.3) is 0 Å². The van der Waals surface area contributed by atoms with Crippen LogP contribution < -0.4 is 0 Å². The van der Waals surface area contributed by atoms with Crippen molar-refractivity contribution in [2.45, 2.75) is 9.79 Å². The van der Waals surface area contributed by atoms with Gasteiger partial charge in [-0.25, -0.2) is 0 Å². The summed E-state index contributed by atoms with van der Waals surface area (Å²) in [5.41, 5.74) is 0. The fraction of sp³-hybridized carbons (Fsp3) is 0. The minimum absolute atomic E-state index is 0.145. The first-order valence-corrected chi connectivity index (χ1v) is 5.81. The number of phenolic OH excluding ortho intramolecular Hbond substituents is 2. The molecule has 0 saturated carbocycles. The summed E-state index contributed by atoms with van der Waals surface area (Å²) in [7, 11) is 0. The van der Waals surface area contributed by atoms with Crippen LogP contribution in [0.4, 0.5) is 0 Å². The van der Waals surface area contributed by atoms with Gasteiger partial charge in [0.15, 0.2) is 9.79 Å². The Bertz CT molecular complexity index is 419. The Labute approximate surface area is 96.2 Å². The number of benzene rings is 2. The molecule has 0 bridgehead atoms. The van der Waals surface area contributed by atoms with Crippen LogP contribution in [0.1, 0.15) is 0 Å². The number of rotatable bonds is 2. The van der Waals surface area contributed by atoms with Crippen LogP contribution in [0.2, 0.25) is 0 Å². The molecule has 2 N–H and O–H groups in total. The summed E-state index contributed by atoms with van der Waals surface area (Å²) in [4.78, 5) is 1.23. The fourth-order valence-electron chi connectivity index (χ4n) is 1.28. The molecule has 2 rings (SSSR count). The van der Waals surface area contributed by atoms with Crippen LogP contribution in [0, 0.1) is 0 Å². The van der Waals surface area contributed by atoms with E-state index in [-0.39, 0.29) is 11.5 Å². The molecule has 0 fully saturated rings. The van der Waals surface area contributed by atoms with Gasteiger partial charge in [0.05, 0.1) is 0 Å². The van der Waals surface area contributed by atoms with Gasteiger partial charge in [-0.05, 0) is 48.5 Å². The third-order valence-electron chi connectivity index (χ3n) is 2.10. The van der Waals surface area contributed by atoms with Gasteiger partial charge < -0.3 is 14.8 Å². The Kier molecular flexibility index (Phi) is 3.03. The first-order chi connectivity index (χ1) is 7.66. The van der Waals surface area contributed by atoms with Gasteiger partial charge >= 0.3 is 0 Å². The van der Waals surface area contributed by atoms with E-state index in [9.17, 15) is 4.55 Å². The Morgan fingerprint density at radius 1 is 0.688 bits per heavy atom. The molecule has 0 aromatic heterocycles. The first kappa shape index (κ1) is 10.9. The summed E-state index contributed by atoms with van der Waals surface area (Å²) in [6.07, 6.45) is 0. The maximum atomic E-state index is 12.0.